The number of nitrogens with one attached hydrogen (secondary N) is 3. The molecule has 2 aliphatic heterocycles. The fourth-order valence-electron chi connectivity index (χ4n) is 3.83. The van der Waals surface area contributed by atoms with Gasteiger partial charge in [-0.05, 0) is 38.0 Å². The fraction of sp³-hybridized carbons (Fsp3) is 0.812. The fourth-order valence-corrected chi connectivity index (χ4v) is 4.29. The SMILES string of the molecule is N=C(N)N1CCC[C@@H](C[C@@H](CO)NC(=O)CN2CCC[C@H](NS(=O)O)C2=O)C1. The van der Waals surface area contributed by atoms with Crippen LogP contribution in [0.1, 0.15) is 32.1 Å². The Kier molecular flexibility index (Phi) is 8.60. The number of guanidine groups is 1. The first kappa shape index (κ1) is 22.5. The van der Waals surface area contributed by atoms with Gasteiger partial charge in [0.1, 0.15) is 6.04 Å². The summed E-state index contributed by atoms with van der Waals surface area (Å²) in [6, 6.07) is -1.22. The van der Waals surface area contributed by atoms with Crippen LogP contribution in [0, 0.1) is 11.3 Å². The zero-order valence-corrected chi connectivity index (χ0v) is 16.6. The highest BCUT2D eigenvalue weighted by molar-refractivity contribution is 7.77. The molecule has 2 aliphatic rings. The van der Waals surface area contributed by atoms with Crippen molar-refractivity contribution in [3.05, 3.63) is 0 Å². The standard InChI is InChI=1S/C16H30N6O5S/c17-16(18)22-6-1-3-11(8-22)7-12(10-23)19-14(24)9-21-5-2-4-13(15(21)25)20-28(26)27/h11-13,20,23H,1-10H2,(H3,17,18)(H,19,24)(H,26,27)/t11-,12-,13-/m0/s1. The molecule has 28 heavy (non-hydrogen) atoms. The molecule has 0 spiro atoms. The highest BCUT2D eigenvalue weighted by atomic mass is 32.2. The van der Waals surface area contributed by atoms with Gasteiger partial charge in [0.15, 0.2) is 5.96 Å². The van der Waals surface area contributed by atoms with Gasteiger partial charge >= 0.3 is 0 Å². The van der Waals surface area contributed by atoms with Crippen molar-refractivity contribution >= 4 is 29.0 Å². The Balaban J connectivity index is 1.83. The summed E-state index contributed by atoms with van der Waals surface area (Å²) in [6.45, 7) is 1.40. The van der Waals surface area contributed by atoms with Crippen molar-refractivity contribution in [3.8, 4) is 0 Å². The van der Waals surface area contributed by atoms with Crippen molar-refractivity contribution in [1.29, 1.82) is 5.41 Å². The van der Waals surface area contributed by atoms with Gasteiger partial charge in [0, 0.05) is 19.6 Å². The highest BCUT2D eigenvalue weighted by Gasteiger charge is 2.31. The second-order valence-electron chi connectivity index (χ2n) is 7.34. The molecule has 7 N–H and O–H groups in total. The third-order valence-electron chi connectivity index (χ3n) is 5.17. The number of carbonyl (C=O) groups excluding carboxylic acids is 2. The van der Waals surface area contributed by atoms with E-state index in [1.165, 1.54) is 4.90 Å². The molecule has 2 amide bonds. The van der Waals surface area contributed by atoms with E-state index < -0.39 is 23.4 Å². The van der Waals surface area contributed by atoms with Crippen LogP contribution < -0.4 is 15.8 Å². The number of likely N-dealkylation sites (tertiary alicyclic amines) is 2. The Hall–Kier alpha value is -1.76. The summed E-state index contributed by atoms with van der Waals surface area (Å²) in [5, 5.41) is 19.9. The molecule has 2 fully saturated rings. The Morgan fingerprint density at radius 3 is 2.71 bits per heavy atom. The van der Waals surface area contributed by atoms with Gasteiger partial charge in [-0.15, -0.1) is 0 Å². The molecular formula is C16H30N6O5S. The summed E-state index contributed by atoms with van der Waals surface area (Å²) in [7, 11) is 0. The molecule has 2 heterocycles. The lowest BCUT2D eigenvalue weighted by Crippen LogP contribution is -2.54. The summed E-state index contributed by atoms with van der Waals surface area (Å²) < 4.78 is 22.1. The Morgan fingerprint density at radius 1 is 1.36 bits per heavy atom. The molecule has 0 aromatic heterocycles. The minimum Gasteiger partial charge on any atom is -0.394 e. The second kappa shape index (κ2) is 10.7. The molecule has 4 atom stereocenters. The lowest BCUT2D eigenvalue weighted by atomic mass is 9.91. The number of piperidine rings is 2. The smallest absolute Gasteiger partial charge is 0.241 e. The molecule has 11 nitrogen and oxygen atoms in total. The first-order chi connectivity index (χ1) is 13.3. The van der Waals surface area contributed by atoms with Gasteiger partial charge < -0.3 is 26.0 Å². The molecule has 0 aromatic carbocycles. The van der Waals surface area contributed by atoms with Crippen LogP contribution in [0.15, 0.2) is 0 Å². The van der Waals surface area contributed by atoms with Crippen molar-refractivity contribution in [3.63, 3.8) is 0 Å². The van der Waals surface area contributed by atoms with Gasteiger partial charge in [0.25, 0.3) is 0 Å². The molecular weight excluding hydrogens is 388 g/mol. The quantitative estimate of drug-likeness (QED) is 0.153. The van der Waals surface area contributed by atoms with E-state index in [0.29, 0.717) is 32.4 Å². The lowest BCUT2D eigenvalue weighted by molar-refractivity contribution is -0.139. The molecule has 0 radical (unpaired) electrons. The number of aliphatic hydroxyl groups excluding tert-OH is 1. The zero-order chi connectivity index (χ0) is 20.7. The van der Waals surface area contributed by atoms with E-state index in [2.05, 4.69) is 10.0 Å². The van der Waals surface area contributed by atoms with Crippen LogP contribution >= 0.6 is 0 Å². The van der Waals surface area contributed by atoms with Crippen LogP contribution in [-0.2, 0) is 20.9 Å². The average molecular weight is 419 g/mol. The molecule has 0 aliphatic carbocycles. The van der Waals surface area contributed by atoms with Crippen LogP contribution in [-0.4, -0.2) is 86.3 Å². The molecule has 0 saturated carbocycles. The molecule has 0 bridgehead atoms. The number of carbonyl (C=O) groups is 2. The van der Waals surface area contributed by atoms with Crippen molar-refractivity contribution in [2.75, 3.05) is 32.8 Å². The normalized spacial score (nSPS) is 25.3. The molecule has 160 valence electrons. The number of nitrogens with zero attached hydrogens (tertiary/aromatic N) is 2. The van der Waals surface area contributed by atoms with E-state index in [-0.39, 0.29) is 36.8 Å². The second-order valence-corrected chi connectivity index (χ2v) is 8.08. The Bertz CT molecular complexity index is 606. The van der Waals surface area contributed by atoms with Crippen LogP contribution in [0.2, 0.25) is 0 Å². The minimum atomic E-state index is -2.29. The van der Waals surface area contributed by atoms with Gasteiger partial charge in [0.05, 0.1) is 19.2 Å². The van der Waals surface area contributed by atoms with Crippen molar-refractivity contribution in [1.82, 2.24) is 19.8 Å². The number of rotatable bonds is 8. The highest BCUT2D eigenvalue weighted by Crippen LogP contribution is 2.21. The van der Waals surface area contributed by atoms with Crippen LogP contribution in [0.25, 0.3) is 0 Å². The van der Waals surface area contributed by atoms with Crippen LogP contribution in [0.5, 0.6) is 0 Å². The van der Waals surface area contributed by atoms with E-state index in [1.54, 1.807) is 4.90 Å². The lowest BCUT2D eigenvalue weighted by Gasteiger charge is -2.35. The molecule has 1 unspecified atom stereocenters. The van der Waals surface area contributed by atoms with Gasteiger partial charge in [-0.25, -0.2) is 8.93 Å². The van der Waals surface area contributed by atoms with Gasteiger partial charge in [-0.2, -0.15) is 0 Å². The van der Waals surface area contributed by atoms with Crippen molar-refractivity contribution < 1.29 is 23.5 Å². The van der Waals surface area contributed by atoms with Gasteiger partial charge in [-0.1, -0.05) is 0 Å². The van der Waals surface area contributed by atoms with Gasteiger partial charge in [-0.3, -0.25) is 19.6 Å². The molecule has 0 aromatic rings. The summed E-state index contributed by atoms with van der Waals surface area (Å²) >= 11 is -2.29. The maximum Gasteiger partial charge on any atom is 0.241 e. The summed E-state index contributed by atoms with van der Waals surface area (Å²) in [5.74, 6) is -0.518. The van der Waals surface area contributed by atoms with E-state index in [9.17, 15) is 18.9 Å². The number of amides is 2. The van der Waals surface area contributed by atoms with E-state index in [4.69, 9.17) is 15.7 Å². The summed E-state index contributed by atoms with van der Waals surface area (Å²) in [6.07, 6.45) is 3.47. The largest absolute Gasteiger partial charge is 0.394 e. The first-order valence-corrected chi connectivity index (χ1v) is 10.6. The number of nitrogens with two attached hydrogens (primary N) is 1. The molecule has 12 heteroatoms. The van der Waals surface area contributed by atoms with Crippen molar-refractivity contribution in [2.45, 2.75) is 44.2 Å². The summed E-state index contributed by atoms with van der Waals surface area (Å²) in [4.78, 5) is 27.8. The van der Waals surface area contributed by atoms with E-state index in [1.807, 2.05) is 0 Å². The molecule has 2 rings (SSSR count). The van der Waals surface area contributed by atoms with E-state index >= 15 is 0 Å². The number of hydrogen-bond donors (Lipinski definition) is 6. The molecule has 2 saturated heterocycles. The van der Waals surface area contributed by atoms with Crippen molar-refractivity contribution in [2.24, 2.45) is 11.7 Å². The van der Waals surface area contributed by atoms with Crippen LogP contribution in [0.4, 0.5) is 0 Å². The number of aliphatic hydroxyl groups is 1. The predicted molar refractivity (Wildman–Crippen MR) is 103 cm³/mol. The minimum absolute atomic E-state index is 0.0323. The first-order valence-electron chi connectivity index (χ1n) is 9.45. The van der Waals surface area contributed by atoms with Crippen LogP contribution in [0.3, 0.4) is 0 Å². The Labute approximate surface area is 166 Å². The maximum absolute atomic E-state index is 12.4. The topological polar surface area (TPSA) is 172 Å². The third kappa shape index (κ3) is 6.69. The monoisotopic (exact) mass is 418 g/mol. The third-order valence-corrected chi connectivity index (χ3v) is 5.66. The van der Waals surface area contributed by atoms with E-state index in [0.717, 1.165) is 19.4 Å². The zero-order valence-electron chi connectivity index (χ0n) is 15.8. The average Bonchev–Trinajstić information content (AvgIpc) is 2.64. The Morgan fingerprint density at radius 2 is 2.07 bits per heavy atom. The van der Waals surface area contributed by atoms with Gasteiger partial charge in [0.2, 0.25) is 23.1 Å². The number of hydrogen-bond acceptors (Lipinski definition) is 5. The maximum atomic E-state index is 12.4. The predicted octanol–water partition coefficient (Wildman–Crippen LogP) is -1.82. The summed E-state index contributed by atoms with van der Waals surface area (Å²) in [5.41, 5.74) is 5.54.